The zero-order chi connectivity index (χ0) is 23.5. The van der Waals surface area contributed by atoms with Crippen LogP contribution in [-0.4, -0.2) is 53.7 Å². The van der Waals surface area contributed by atoms with Gasteiger partial charge in [-0.1, -0.05) is 62.4 Å². The van der Waals surface area contributed by atoms with Gasteiger partial charge in [-0.15, -0.1) is 0 Å². The lowest BCUT2D eigenvalue weighted by Gasteiger charge is -2.28. The second-order valence-electron chi connectivity index (χ2n) is 9.25. The number of ether oxygens (including phenoxy) is 1. The Balaban J connectivity index is 1.42. The Morgan fingerprint density at radius 3 is 2.12 bits per heavy atom. The van der Waals surface area contributed by atoms with Crippen LogP contribution in [0.3, 0.4) is 0 Å². The summed E-state index contributed by atoms with van der Waals surface area (Å²) in [5, 5.41) is 11.9. The predicted molar refractivity (Wildman–Crippen MR) is 124 cm³/mol. The van der Waals surface area contributed by atoms with Crippen molar-refractivity contribution >= 4 is 18.0 Å². The second kappa shape index (κ2) is 9.65. The number of alkyl carbamates (subject to hydrolysis) is 1. The molecule has 2 aliphatic carbocycles. The molecule has 2 aromatic carbocycles. The van der Waals surface area contributed by atoms with E-state index in [1.54, 1.807) is 0 Å². The Morgan fingerprint density at radius 2 is 1.61 bits per heavy atom. The van der Waals surface area contributed by atoms with E-state index in [2.05, 4.69) is 17.4 Å². The number of aliphatic carboxylic acids is 1. The number of benzene rings is 2. The van der Waals surface area contributed by atoms with Crippen LogP contribution in [-0.2, 0) is 14.3 Å². The third-order valence-electron chi connectivity index (χ3n) is 6.36. The van der Waals surface area contributed by atoms with Crippen LogP contribution in [0.2, 0.25) is 0 Å². The van der Waals surface area contributed by atoms with Crippen molar-refractivity contribution in [1.29, 1.82) is 0 Å². The maximum absolute atomic E-state index is 13.1. The molecule has 0 unspecified atom stereocenters. The lowest BCUT2D eigenvalue weighted by atomic mass is 9.98. The fourth-order valence-electron chi connectivity index (χ4n) is 4.49. The largest absolute Gasteiger partial charge is 0.480 e. The molecule has 0 saturated heterocycles. The van der Waals surface area contributed by atoms with Crippen LogP contribution in [0.5, 0.6) is 0 Å². The minimum Gasteiger partial charge on any atom is -0.480 e. The van der Waals surface area contributed by atoms with Gasteiger partial charge in [0.15, 0.2) is 0 Å². The molecule has 33 heavy (non-hydrogen) atoms. The first-order chi connectivity index (χ1) is 15.8. The zero-order valence-corrected chi connectivity index (χ0v) is 19.0. The molecule has 0 aromatic heterocycles. The van der Waals surface area contributed by atoms with E-state index in [1.165, 1.54) is 4.90 Å². The number of nitrogens with one attached hydrogen (secondary N) is 1. The lowest BCUT2D eigenvalue weighted by molar-refractivity contribution is -0.146. The molecule has 1 saturated carbocycles. The van der Waals surface area contributed by atoms with Crippen molar-refractivity contribution in [2.45, 2.75) is 38.6 Å². The average Bonchev–Trinajstić information content (AvgIpc) is 3.55. The van der Waals surface area contributed by atoms with Crippen molar-refractivity contribution in [2.24, 2.45) is 11.8 Å². The summed E-state index contributed by atoms with van der Waals surface area (Å²) in [6.07, 6.45) is 1.32. The summed E-state index contributed by atoms with van der Waals surface area (Å²) >= 11 is 0. The van der Waals surface area contributed by atoms with Gasteiger partial charge in [-0.05, 0) is 46.9 Å². The highest BCUT2D eigenvalue weighted by Crippen LogP contribution is 2.44. The fraction of sp³-hybridized carbons (Fsp3) is 0.423. The predicted octanol–water partition coefficient (Wildman–Crippen LogP) is 3.87. The third-order valence-corrected chi connectivity index (χ3v) is 6.36. The van der Waals surface area contributed by atoms with E-state index in [1.807, 2.05) is 50.2 Å². The Morgan fingerprint density at radius 1 is 1.03 bits per heavy atom. The first-order valence-electron chi connectivity index (χ1n) is 11.5. The van der Waals surface area contributed by atoms with Gasteiger partial charge in [-0.2, -0.15) is 0 Å². The summed E-state index contributed by atoms with van der Waals surface area (Å²) in [6.45, 7) is 3.83. The summed E-state index contributed by atoms with van der Waals surface area (Å²) in [7, 11) is 0. The van der Waals surface area contributed by atoms with Crippen LogP contribution in [0.25, 0.3) is 11.1 Å². The molecule has 0 aliphatic heterocycles. The third kappa shape index (κ3) is 5.18. The number of nitrogens with zero attached hydrogens (tertiary/aromatic N) is 1. The van der Waals surface area contributed by atoms with E-state index in [0.29, 0.717) is 12.5 Å². The van der Waals surface area contributed by atoms with Crippen LogP contribution in [0.1, 0.15) is 43.7 Å². The molecule has 0 radical (unpaired) electrons. The minimum absolute atomic E-state index is 0.0743. The van der Waals surface area contributed by atoms with Crippen molar-refractivity contribution < 1.29 is 24.2 Å². The number of carbonyl (C=O) groups is 3. The van der Waals surface area contributed by atoms with Gasteiger partial charge in [0.2, 0.25) is 5.91 Å². The van der Waals surface area contributed by atoms with Gasteiger partial charge in [-0.25, -0.2) is 4.79 Å². The fourth-order valence-corrected chi connectivity index (χ4v) is 4.49. The maximum atomic E-state index is 13.1. The second-order valence-corrected chi connectivity index (χ2v) is 9.25. The van der Waals surface area contributed by atoms with Crippen molar-refractivity contribution in [3.05, 3.63) is 59.7 Å². The van der Waals surface area contributed by atoms with Gasteiger partial charge in [-0.3, -0.25) is 9.59 Å². The van der Waals surface area contributed by atoms with Crippen molar-refractivity contribution in [3.63, 3.8) is 0 Å². The van der Waals surface area contributed by atoms with Crippen LogP contribution in [0, 0.1) is 11.8 Å². The van der Waals surface area contributed by atoms with Crippen LogP contribution in [0.15, 0.2) is 48.5 Å². The molecule has 1 atom stereocenters. The van der Waals surface area contributed by atoms with E-state index < -0.39 is 18.1 Å². The van der Waals surface area contributed by atoms with Crippen molar-refractivity contribution in [1.82, 2.24) is 10.2 Å². The molecule has 0 heterocycles. The number of amides is 2. The number of hydrogen-bond acceptors (Lipinski definition) is 4. The molecule has 1 fully saturated rings. The molecule has 0 spiro atoms. The number of fused-ring (bicyclic) bond motifs is 3. The van der Waals surface area contributed by atoms with Crippen molar-refractivity contribution in [3.8, 4) is 11.1 Å². The molecule has 2 aromatic rings. The van der Waals surface area contributed by atoms with Gasteiger partial charge in [0.05, 0.1) is 0 Å². The van der Waals surface area contributed by atoms with E-state index >= 15 is 0 Å². The van der Waals surface area contributed by atoms with Gasteiger partial charge in [0, 0.05) is 12.5 Å². The first kappa shape index (κ1) is 22.8. The van der Waals surface area contributed by atoms with Gasteiger partial charge in [0.1, 0.15) is 19.2 Å². The van der Waals surface area contributed by atoms with E-state index in [4.69, 9.17) is 4.74 Å². The highest BCUT2D eigenvalue weighted by atomic mass is 16.5. The molecule has 7 nitrogen and oxygen atoms in total. The standard InChI is InChI=1S/C26H30N2O5/c1-16(2)24(25(31)28(14-23(29)30)13-17-11-12-17)27-26(32)33-15-22-20-9-5-3-7-18(20)19-8-4-6-10-21(19)22/h3-10,16-17,22,24H,11-15H2,1-2H3,(H,27,32)(H,29,30)/t24-/m0/s1. The quantitative estimate of drug-likeness (QED) is 0.605. The summed E-state index contributed by atoms with van der Waals surface area (Å²) < 4.78 is 5.59. The topological polar surface area (TPSA) is 95.9 Å². The molecule has 7 heteroatoms. The number of carbonyl (C=O) groups excluding carboxylic acids is 2. The monoisotopic (exact) mass is 450 g/mol. The van der Waals surface area contributed by atoms with E-state index in [9.17, 15) is 19.5 Å². The zero-order valence-electron chi connectivity index (χ0n) is 19.0. The number of carboxylic acid groups (broad SMARTS) is 1. The Kier molecular flexibility index (Phi) is 6.67. The Hall–Kier alpha value is -3.35. The van der Waals surface area contributed by atoms with Gasteiger partial charge >= 0.3 is 12.1 Å². The molecular weight excluding hydrogens is 420 g/mol. The lowest BCUT2D eigenvalue weighted by Crippen LogP contribution is -2.53. The van der Waals surface area contributed by atoms with Gasteiger partial charge < -0.3 is 20.1 Å². The number of hydrogen-bond donors (Lipinski definition) is 2. The first-order valence-corrected chi connectivity index (χ1v) is 11.5. The summed E-state index contributed by atoms with van der Waals surface area (Å²) in [5.41, 5.74) is 4.50. The SMILES string of the molecule is CC(C)[C@H](NC(=O)OCC1c2ccccc2-c2ccccc21)C(=O)N(CC(=O)O)CC1CC1. The highest BCUT2D eigenvalue weighted by molar-refractivity contribution is 5.88. The molecule has 2 N–H and O–H groups in total. The molecular formula is C26H30N2O5. The summed E-state index contributed by atoms with van der Waals surface area (Å²) in [6, 6.07) is 15.3. The number of carboxylic acids is 1. The van der Waals surface area contributed by atoms with Crippen molar-refractivity contribution in [2.75, 3.05) is 19.7 Å². The normalized spacial score (nSPS) is 15.5. The minimum atomic E-state index is -1.06. The maximum Gasteiger partial charge on any atom is 0.407 e. The molecule has 4 rings (SSSR count). The van der Waals surface area contributed by atoms with Crippen LogP contribution >= 0.6 is 0 Å². The van der Waals surface area contributed by atoms with Crippen LogP contribution in [0.4, 0.5) is 4.79 Å². The molecule has 2 amide bonds. The average molecular weight is 451 g/mol. The van der Waals surface area contributed by atoms with E-state index in [0.717, 1.165) is 35.1 Å². The molecule has 2 aliphatic rings. The van der Waals surface area contributed by atoms with Crippen LogP contribution < -0.4 is 5.32 Å². The molecule has 0 bridgehead atoms. The Labute approximate surface area is 193 Å². The smallest absolute Gasteiger partial charge is 0.407 e. The number of rotatable bonds is 9. The Bertz CT molecular complexity index is 1000. The van der Waals surface area contributed by atoms with Gasteiger partial charge in [0.25, 0.3) is 0 Å². The van der Waals surface area contributed by atoms with E-state index in [-0.39, 0.29) is 30.9 Å². The summed E-state index contributed by atoms with van der Waals surface area (Å²) in [4.78, 5) is 38.4. The molecule has 174 valence electrons. The summed E-state index contributed by atoms with van der Waals surface area (Å²) in [5.74, 6) is -1.39. The highest BCUT2D eigenvalue weighted by Gasteiger charge is 2.34.